The number of aromatic nitrogens is 2. The fraction of sp³-hybridized carbons (Fsp3) is 0.385. The maximum atomic E-state index is 12.3. The second kappa shape index (κ2) is 5.88. The Hall–Kier alpha value is -1.14. The Kier molecular flexibility index (Phi) is 4.42. The Balaban J connectivity index is 2.23. The third-order valence-corrected chi connectivity index (χ3v) is 4.85. The number of carbonyl (C=O) groups excluding carboxylic acids is 1. The van der Waals surface area contributed by atoms with Gasteiger partial charge >= 0.3 is 0 Å². The summed E-state index contributed by atoms with van der Waals surface area (Å²) in [4.78, 5) is 13.0. The van der Waals surface area contributed by atoms with E-state index in [1.165, 1.54) is 11.3 Å². The van der Waals surface area contributed by atoms with Gasteiger partial charge in [0.1, 0.15) is 5.75 Å². The zero-order valence-corrected chi connectivity index (χ0v) is 13.5. The second-order valence-electron chi connectivity index (χ2n) is 4.11. The van der Waals surface area contributed by atoms with Crippen LogP contribution in [-0.2, 0) is 13.0 Å². The number of rotatable bonds is 5. The van der Waals surface area contributed by atoms with E-state index in [1.54, 1.807) is 13.2 Å². The minimum atomic E-state index is 0.0867. The second-order valence-corrected chi connectivity index (χ2v) is 5.82. The van der Waals surface area contributed by atoms with Gasteiger partial charge < -0.3 is 4.74 Å². The Morgan fingerprint density at radius 1 is 1.58 bits per heavy atom. The minimum absolute atomic E-state index is 0.0867. The highest BCUT2D eigenvalue weighted by molar-refractivity contribution is 9.10. The molecule has 0 fully saturated rings. The largest absolute Gasteiger partial charge is 0.496 e. The summed E-state index contributed by atoms with van der Waals surface area (Å²) in [6.45, 7) is 4.70. The van der Waals surface area contributed by atoms with Crippen molar-refractivity contribution in [3.63, 3.8) is 0 Å². The summed E-state index contributed by atoms with van der Waals surface area (Å²) in [5.74, 6) is 0.816. The number of hydrogen-bond donors (Lipinski definition) is 0. The van der Waals surface area contributed by atoms with Crippen LogP contribution in [0.2, 0.25) is 0 Å². The summed E-state index contributed by atoms with van der Waals surface area (Å²) in [6.07, 6.45) is 0.346. The van der Waals surface area contributed by atoms with E-state index in [9.17, 15) is 4.79 Å². The van der Waals surface area contributed by atoms with Crippen LogP contribution in [0, 0.1) is 6.92 Å². The van der Waals surface area contributed by atoms with Crippen molar-refractivity contribution in [2.75, 3.05) is 7.11 Å². The molecule has 0 saturated carbocycles. The van der Waals surface area contributed by atoms with Crippen molar-refractivity contribution in [3.8, 4) is 5.75 Å². The van der Waals surface area contributed by atoms with Crippen molar-refractivity contribution in [1.82, 2.24) is 9.78 Å². The molecule has 0 bridgehead atoms. The molecule has 0 amide bonds. The molecule has 0 saturated heterocycles. The molecule has 0 aliphatic carbocycles. The SMILES string of the molecule is CCn1nc(C)c(Br)c1CC(=O)c1cc(OC)cs1. The van der Waals surface area contributed by atoms with Gasteiger partial charge in [-0.2, -0.15) is 5.10 Å². The summed E-state index contributed by atoms with van der Waals surface area (Å²) < 4.78 is 7.89. The molecule has 2 aromatic rings. The third kappa shape index (κ3) is 2.90. The molecular formula is C13H15BrN2O2S. The molecule has 0 aliphatic heterocycles. The Bertz CT molecular complexity index is 604. The van der Waals surface area contributed by atoms with Crippen LogP contribution in [0.5, 0.6) is 5.75 Å². The molecule has 2 rings (SSSR count). The monoisotopic (exact) mass is 342 g/mol. The lowest BCUT2D eigenvalue weighted by Crippen LogP contribution is -2.09. The van der Waals surface area contributed by atoms with Crippen molar-refractivity contribution >= 4 is 33.0 Å². The molecule has 0 atom stereocenters. The van der Waals surface area contributed by atoms with Crippen LogP contribution in [0.4, 0.5) is 0 Å². The van der Waals surface area contributed by atoms with Crippen LogP contribution in [0.15, 0.2) is 15.9 Å². The Labute approximate surface area is 124 Å². The van der Waals surface area contributed by atoms with Crippen LogP contribution >= 0.6 is 27.3 Å². The molecule has 19 heavy (non-hydrogen) atoms. The van der Waals surface area contributed by atoms with E-state index < -0.39 is 0 Å². The van der Waals surface area contributed by atoms with E-state index in [2.05, 4.69) is 21.0 Å². The van der Waals surface area contributed by atoms with Crippen LogP contribution in [0.1, 0.15) is 28.0 Å². The molecule has 2 heterocycles. The van der Waals surface area contributed by atoms with Gasteiger partial charge in [-0.05, 0) is 29.8 Å². The fourth-order valence-corrected chi connectivity index (χ4v) is 3.07. The van der Waals surface area contributed by atoms with Gasteiger partial charge in [0.25, 0.3) is 0 Å². The number of ketones is 1. The lowest BCUT2D eigenvalue weighted by Gasteiger charge is -2.03. The summed E-state index contributed by atoms with van der Waals surface area (Å²) in [7, 11) is 1.60. The first kappa shape index (κ1) is 14.3. The van der Waals surface area contributed by atoms with Crippen LogP contribution in [-0.4, -0.2) is 22.7 Å². The molecule has 4 nitrogen and oxygen atoms in total. The minimum Gasteiger partial charge on any atom is -0.496 e. The van der Waals surface area contributed by atoms with Gasteiger partial charge in [-0.1, -0.05) is 0 Å². The maximum absolute atomic E-state index is 12.3. The van der Waals surface area contributed by atoms with E-state index in [-0.39, 0.29) is 5.78 Å². The first-order chi connectivity index (χ1) is 9.06. The van der Waals surface area contributed by atoms with Crippen molar-refractivity contribution in [2.45, 2.75) is 26.8 Å². The molecule has 2 aromatic heterocycles. The molecule has 0 aliphatic rings. The smallest absolute Gasteiger partial charge is 0.178 e. The number of carbonyl (C=O) groups is 1. The van der Waals surface area contributed by atoms with E-state index in [1.807, 2.05) is 23.9 Å². The highest BCUT2D eigenvalue weighted by atomic mass is 79.9. The van der Waals surface area contributed by atoms with Crippen molar-refractivity contribution in [3.05, 3.63) is 32.2 Å². The number of Topliss-reactive ketones (excluding diaryl/α,β-unsaturated/α-hetero) is 1. The molecule has 0 radical (unpaired) electrons. The predicted molar refractivity (Wildman–Crippen MR) is 79.2 cm³/mol. The van der Waals surface area contributed by atoms with Crippen LogP contribution < -0.4 is 4.74 Å². The molecular weight excluding hydrogens is 328 g/mol. The average Bonchev–Trinajstić information content (AvgIpc) is 2.98. The number of thiophene rings is 1. The zero-order chi connectivity index (χ0) is 14.0. The van der Waals surface area contributed by atoms with Gasteiger partial charge in [0.05, 0.1) is 34.3 Å². The number of hydrogen-bond acceptors (Lipinski definition) is 4. The molecule has 0 aromatic carbocycles. The first-order valence-corrected chi connectivity index (χ1v) is 7.61. The topological polar surface area (TPSA) is 44.1 Å². The molecule has 102 valence electrons. The van der Waals surface area contributed by atoms with E-state index in [4.69, 9.17) is 4.74 Å². The third-order valence-electron chi connectivity index (χ3n) is 2.87. The van der Waals surface area contributed by atoms with E-state index in [0.29, 0.717) is 11.3 Å². The van der Waals surface area contributed by atoms with Gasteiger partial charge in [0.2, 0.25) is 0 Å². The molecule has 0 N–H and O–H groups in total. The molecule has 6 heteroatoms. The number of halogens is 1. The van der Waals surface area contributed by atoms with Gasteiger partial charge in [-0.3, -0.25) is 9.48 Å². The lowest BCUT2D eigenvalue weighted by molar-refractivity contribution is 0.0994. The highest BCUT2D eigenvalue weighted by Gasteiger charge is 2.18. The summed E-state index contributed by atoms with van der Waals surface area (Å²) in [5.41, 5.74) is 1.84. The number of nitrogens with zero attached hydrogens (tertiary/aromatic N) is 2. The molecule has 0 spiro atoms. The van der Waals surface area contributed by atoms with Crippen molar-refractivity contribution in [2.24, 2.45) is 0 Å². The number of aryl methyl sites for hydroxylation is 2. The first-order valence-electron chi connectivity index (χ1n) is 5.94. The van der Waals surface area contributed by atoms with Crippen molar-refractivity contribution in [1.29, 1.82) is 0 Å². The van der Waals surface area contributed by atoms with Crippen LogP contribution in [0.3, 0.4) is 0 Å². The maximum Gasteiger partial charge on any atom is 0.178 e. The Morgan fingerprint density at radius 3 is 2.89 bits per heavy atom. The summed E-state index contributed by atoms with van der Waals surface area (Å²) in [5, 5.41) is 6.23. The molecule has 0 unspecified atom stereocenters. The fourth-order valence-electron chi connectivity index (χ4n) is 1.85. The average molecular weight is 343 g/mol. The quantitative estimate of drug-likeness (QED) is 0.781. The lowest BCUT2D eigenvalue weighted by atomic mass is 10.2. The zero-order valence-electron chi connectivity index (χ0n) is 11.1. The van der Waals surface area contributed by atoms with Crippen LogP contribution in [0.25, 0.3) is 0 Å². The standard InChI is InChI=1S/C13H15BrN2O2S/c1-4-16-10(13(14)8(2)15-16)6-11(17)12-5-9(18-3)7-19-12/h5,7H,4,6H2,1-3H3. The summed E-state index contributed by atoms with van der Waals surface area (Å²) in [6, 6.07) is 1.78. The predicted octanol–water partition coefficient (Wildman–Crippen LogP) is 3.47. The number of ether oxygens (including phenoxy) is 1. The van der Waals surface area contributed by atoms with E-state index in [0.717, 1.165) is 28.2 Å². The van der Waals surface area contributed by atoms with Gasteiger partial charge in [-0.25, -0.2) is 0 Å². The van der Waals surface area contributed by atoms with Gasteiger partial charge in [0.15, 0.2) is 5.78 Å². The summed E-state index contributed by atoms with van der Waals surface area (Å²) >= 11 is 4.91. The Morgan fingerprint density at radius 2 is 2.32 bits per heavy atom. The van der Waals surface area contributed by atoms with Gasteiger partial charge in [-0.15, -0.1) is 11.3 Å². The highest BCUT2D eigenvalue weighted by Crippen LogP contribution is 2.26. The number of methoxy groups -OCH3 is 1. The van der Waals surface area contributed by atoms with E-state index >= 15 is 0 Å². The van der Waals surface area contributed by atoms with Gasteiger partial charge in [0, 0.05) is 18.0 Å². The normalized spacial score (nSPS) is 10.7. The van der Waals surface area contributed by atoms with Crippen molar-refractivity contribution < 1.29 is 9.53 Å².